The molecule has 3 N–H and O–H groups in total. The molecule has 2 fully saturated rings. The van der Waals surface area contributed by atoms with Crippen LogP contribution in [0, 0.1) is 34.0 Å². The summed E-state index contributed by atoms with van der Waals surface area (Å²) in [6.45, 7) is 14.5. The summed E-state index contributed by atoms with van der Waals surface area (Å²) in [4.78, 5) is 40.7. The molecule has 0 aliphatic heterocycles. The van der Waals surface area contributed by atoms with Crippen molar-refractivity contribution >= 4 is 17.7 Å². The molecule has 8 nitrogen and oxygen atoms in total. The summed E-state index contributed by atoms with van der Waals surface area (Å²) in [5.41, 5.74) is -5.62. The van der Waals surface area contributed by atoms with Gasteiger partial charge >= 0.3 is 11.9 Å². The van der Waals surface area contributed by atoms with Crippen molar-refractivity contribution in [3.05, 3.63) is 23.3 Å². The van der Waals surface area contributed by atoms with E-state index < -0.39 is 63.4 Å². The monoisotopic (exact) mass is 602 g/mol. The van der Waals surface area contributed by atoms with E-state index >= 15 is 0 Å². The summed E-state index contributed by atoms with van der Waals surface area (Å²) in [7, 11) is 0. The quantitative estimate of drug-likeness (QED) is 0.167. The third-order valence-electron chi connectivity index (χ3n) is 11.1. The molecule has 0 aromatic rings. The first-order valence-electron chi connectivity index (χ1n) is 16.3. The maximum Gasteiger partial charge on any atom is 0.311 e. The van der Waals surface area contributed by atoms with E-state index in [0.717, 1.165) is 19.3 Å². The lowest BCUT2D eigenvalue weighted by Crippen LogP contribution is -2.65. The number of ether oxygens (including phenoxy) is 2. The summed E-state index contributed by atoms with van der Waals surface area (Å²) in [6.07, 6.45) is 8.30. The van der Waals surface area contributed by atoms with Crippen molar-refractivity contribution in [3.63, 3.8) is 0 Å². The highest BCUT2D eigenvalue weighted by atomic mass is 16.6. The minimum Gasteiger partial charge on any atom is -0.461 e. The normalized spacial score (nSPS) is 37.7. The number of Topliss-reactive ketones (excluding diaryl/α,β-unsaturated/α-hetero) is 1. The Bertz CT molecular complexity index is 1180. The second-order valence-corrected chi connectivity index (χ2v) is 15.4. The first kappa shape index (κ1) is 33.9. The number of carbonyl (C=O) groups is 3. The lowest BCUT2D eigenvalue weighted by Gasteiger charge is -2.48. The molecule has 242 valence electrons. The lowest BCUT2D eigenvalue weighted by atomic mass is 9.59. The van der Waals surface area contributed by atoms with Crippen molar-refractivity contribution in [3.8, 4) is 0 Å². The number of hydrogen-bond acceptors (Lipinski definition) is 8. The van der Waals surface area contributed by atoms with E-state index in [-0.39, 0.29) is 23.9 Å². The van der Waals surface area contributed by atoms with Crippen molar-refractivity contribution in [2.24, 2.45) is 34.0 Å². The van der Waals surface area contributed by atoms with Crippen LogP contribution in [0.3, 0.4) is 0 Å². The van der Waals surface area contributed by atoms with Crippen molar-refractivity contribution < 1.29 is 39.2 Å². The second kappa shape index (κ2) is 11.7. The lowest BCUT2D eigenvalue weighted by molar-refractivity contribution is -0.192. The maximum absolute atomic E-state index is 14.7. The summed E-state index contributed by atoms with van der Waals surface area (Å²) in [5.74, 6) is -2.89. The van der Waals surface area contributed by atoms with Gasteiger partial charge in [-0.2, -0.15) is 0 Å². The van der Waals surface area contributed by atoms with Gasteiger partial charge in [-0.15, -0.1) is 0 Å². The van der Waals surface area contributed by atoms with E-state index in [1.165, 1.54) is 25.7 Å². The van der Waals surface area contributed by atoms with Gasteiger partial charge in [-0.1, -0.05) is 78.4 Å². The van der Waals surface area contributed by atoms with Gasteiger partial charge in [0.2, 0.25) is 0 Å². The molecule has 0 aromatic carbocycles. The van der Waals surface area contributed by atoms with Crippen LogP contribution in [0.4, 0.5) is 0 Å². The molecule has 43 heavy (non-hydrogen) atoms. The largest absolute Gasteiger partial charge is 0.461 e. The van der Waals surface area contributed by atoms with Gasteiger partial charge in [0.25, 0.3) is 0 Å². The number of carbonyl (C=O) groups excluding carboxylic acids is 3. The van der Waals surface area contributed by atoms with Gasteiger partial charge in [-0.3, -0.25) is 14.4 Å². The topological polar surface area (TPSA) is 130 Å². The molecule has 1 spiro atoms. The van der Waals surface area contributed by atoms with Crippen molar-refractivity contribution in [1.82, 2.24) is 0 Å². The second-order valence-electron chi connectivity index (χ2n) is 15.4. The Balaban J connectivity index is 1.67. The van der Waals surface area contributed by atoms with Gasteiger partial charge in [0.05, 0.1) is 10.8 Å². The third kappa shape index (κ3) is 5.23. The SMILES string of the molecule is CCCCCCCCCC(=O)O[C@@]12CC(C)C34C=C(C)[C@H](O)[C@@]3(O)[C@H](O)C(COC(=O)C(C)(C)C)=C[C@H](C4=O)[C@@H]1C2(C)C. The zero-order valence-corrected chi connectivity index (χ0v) is 27.5. The Morgan fingerprint density at radius 3 is 2.23 bits per heavy atom. The highest BCUT2D eigenvalue weighted by Crippen LogP contribution is 2.75. The molecule has 8 atom stereocenters. The number of fused-ring (bicyclic) bond motifs is 3. The van der Waals surface area contributed by atoms with E-state index in [1.54, 1.807) is 39.8 Å². The van der Waals surface area contributed by atoms with Gasteiger partial charge in [-0.05, 0) is 57.6 Å². The Morgan fingerprint density at radius 2 is 1.63 bits per heavy atom. The number of esters is 2. The van der Waals surface area contributed by atoms with Crippen LogP contribution >= 0.6 is 0 Å². The van der Waals surface area contributed by atoms with E-state index in [9.17, 15) is 29.7 Å². The van der Waals surface area contributed by atoms with E-state index in [0.29, 0.717) is 18.4 Å². The minimum absolute atomic E-state index is 0.169. The Labute approximate surface area is 257 Å². The fourth-order valence-corrected chi connectivity index (χ4v) is 8.56. The predicted octanol–water partition coefficient (Wildman–Crippen LogP) is 5.22. The molecule has 8 heteroatoms. The zero-order valence-electron chi connectivity index (χ0n) is 27.5. The zero-order chi connectivity index (χ0) is 32.2. The van der Waals surface area contributed by atoms with Gasteiger partial charge in [0.15, 0.2) is 5.78 Å². The molecule has 4 rings (SSSR count). The Kier molecular flexibility index (Phi) is 9.23. The number of ketones is 1. The van der Waals surface area contributed by atoms with Crippen molar-refractivity contribution in [1.29, 1.82) is 0 Å². The molecular formula is C35H54O8. The van der Waals surface area contributed by atoms with Crippen LogP contribution in [0.15, 0.2) is 23.3 Å². The number of allylic oxidation sites excluding steroid dienone is 1. The van der Waals surface area contributed by atoms with Crippen LogP contribution in [0.25, 0.3) is 0 Å². The average Bonchev–Trinajstić information content (AvgIpc) is 3.33. The predicted molar refractivity (Wildman–Crippen MR) is 163 cm³/mol. The molecule has 2 unspecified atom stereocenters. The highest BCUT2D eigenvalue weighted by Gasteiger charge is 2.83. The first-order chi connectivity index (χ1) is 19.9. The van der Waals surface area contributed by atoms with Crippen LogP contribution < -0.4 is 0 Å². The van der Waals surface area contributed by atoms with Crippen LogP contribution in [0.2, 0.25) is 0 Å². The molecule has 2 bridgehead atoms. The minimum atomic E-state index is -2.27. The maximum atomic E-state index is 14.7. The number of aliphatic hydroxyl groups is 3. The standard InChI is InChI=1S/C35H54O8/c1-9-10-11-12-13-14-15-16-25(36)43-34-19-22(3)33-18-21(2)27(37)35(33,41)28(38)23(20-42-30(40)31(4,5)6)17-24(29(33)39)26(34)32(34,7)8/h17-18,22,24,26-28,37-38,41H,9-16,19-20H2,1-8H3/t22?,24-,26+,27-,28+,33?,34-,35+/m0/s1. The molecule has 0 aromatic heterocycles. The summed E-state index contributed by atoms with van der Waals surface area (Å²) in [6, 6.07) is 0. The highest BCUT2D eigenvalue weighted by molar-refractivity contribution is 5.96. The molecule has 0 amide bonds. The van der Waals surface area contributed by atoms with Crippen molar-refractivity contribution in [2.45, 2.75) is 137 Å². The molecule has 0 heterocycles. The number of rotatable bonds is 11. The van der Waals surface area contributed by atoms with Crippen LogP contribution in [-0.4, -0.2) is 63.1 Å². The number of aliphatic hydroxyl groups excluding tert-OH is 2. The van der Waals surface area contributed by atoms with E-state index in [4.69, 9.17) is 9.47 Å². The van der Waals surface area contributed by atoms with Crippen LogP contribution in [-0.2, 0) is 23.9 Å². The molecular weight excluding hydrogens is 548 g/mol. The third-order valence-corrected chi connectivity index (χ3v) is 11.1. The average molecular weight is 603 g/mol. The fraction of sp³-hybridized carbons (Fsp3) is 0.800. The number of hydrogen-bond donors (Lipinski definition) is 3. The Hall–Kier alpha value is -2.03. The first-order valence-corrected chi connectivity index (χ1v) is 16.3. The van der Waals surface area contributed by atoms with Crippen LogP contribution in [0.1, 0.15) is 113 Å². The molecule has 0 saturated heterocycles. The van der Waals surface area contributed by atoms with Gasteiger partial charge in [0, 0.05) is 23.7 Å². The molecule has 4 aliphatic rings. The number of unbranched alkanes of at least 4 members (excludes halogenated alkanes) is 6. The Morgan fingerprint density at radius 1 is 1.02 bits per heavy atom. The van der Waals surface area contributed by atoms with Crippen molar-refractivity contribution in [2.75, 3.05) is 6.61 Å². The van der Waals surface area contributed by atoms with Crippen LogP contribution in [0.5, 0.6) is 0 Å². The fourth-order valence-electron chi connectivity index (χ4n) is 8.56. The van der Waals surface area contributed by atoms with E-state index in [1.807, 2.05) is 20.8 Å². The molecule has 0 radical (unpaired) electrons. The van der Waals surface area contributed by atoms with E-state index in [2.05, 4.69) is 6.92 Å². The molecule has 4 aliphatic carbocycles. The summed E-state index contributed by atoms with van der Waals surface area (Å²) >= 11 is 0. The van der Waals surface area contributed by atoms with Gasteiger partial charge in [-0.25, -0.2) is 0 Å². The smallest absolute Gasteiger partial charge is 0.311 e. The van der Waals surface area contributed by atoms with Gasteiger partial charge in [0.1, 0.15) is 30.0 Å². The summed E-state index contributed by atoms with van der Waals surface area (Å²) < 4.78 is 11.9. The molecule has 2 saturated carbocycles. The summed E-state index contributed by atoms with van der Waals surface area (Å²) in [5, 5.41) is 35.4. The van der Waals surface area contributed by atoms with Gasteiger partial charge < -0.3 is 24.8 Å².